The Hall–Kier alpha value is -2.42. The predicted molar refractivity (Wildman–Crippen MR) is 111 cm³/mol. The number of carbonyl (C=O) groups excluding carboxylic acids is 1. The van der Waals surface area contributed by atoms with Gasteiger partial charge in [-0.1, -0.05) is 46.2 Å². The number of nitrogens with one attached hydrogen (secondary N) is 2. The number of halogens is 1. The van der Waals surface area contributed by atoms with Gasteiger partial charge in [0.15, 0.2) is 0 Å². The SMILES string of the molecule is C[C@@H]1[C@@H](C)C(C)(C)[C@@H](C)C[C@H]1Nc1cnn(CC(=O)Nn2cnnc2)c(=O)c1Cl. The summed E-state index contributed by atoms with van der Waals surface area (Å²) < 4.78 is 2.32. The summed E-state index contributed by atoms with van der Waals surface area (Å²) in [6.07, 6.45) is 5.17. The number of amides is 1. The Kier molecular flexibility index (Phi) is 5.97. The van der Waals surface area contributed by atoms with E-state index in [2.05, 4.69) is 60.7 Å². The maximum atomic E-state index is 12.6. The Balaban J connectivity index is 1.72. The molecular formula is C19H28ClN7O2. The Labute approximate surface area is 174 Å². The summed E-state index contributed by atoms with van der Waals surface area (Å²) in [7, 11) is 0. The summed E-state index contributed by atoms with van der Waals surface area (Å²) in [6, 6.07) is 0.194. The van der Waals surface area contributed by atoms with Gasteiger partial charge in [0.1, 0.15) is 24.2 Å². The Bertz CT molecular complexity index is 925. The molecule has 0 bridgehead atoms. The van der Waals surface area contributed by atoms with Gasteiger partial charge in [-0.3, -0.25) is 15.0 Å². The maximum Gasteiger partial charge on any atom is 0.288 e. The second kappa shape index (κ2) is 8.14. The van der Waals surface area contributed by atoms with Crippen LogP contribution in [0.5, 0.6) is 0 Å². The second-order valence-electron chi connectivity index (χ2n) is 8.60. The van der Waals surface area contributed by atoms with Gasteiger partial charge in [-0.25, -0.2) is 9.36 Å². The van der Waals surface area contributed by atoms with Crippen LogP contribution in [0.4, 0.5) is 5.69 Å². The first-order chi connectivity index (χ1) is 13.6. The van der Waals surface area contributed by atoms with Crippen LogP contribution in [0.2, 0.25) is 5.02 Å². The molecule has 0 spiro atoms. The van der Waals surface area contributed by atoms with E-state index in [9.17, 15) is 9.59 Å². The highest BCUT2D eigenvalue weighted by atomic mass is 35.5. The van der Waals surface area contributed by atoms with Crippen LogP contribution in [0.25, 0.3) is 0 Å². The number of hydrogen-bond donors (Lipinski definition) is 2. The third-order valence-corrected chi connectivity index (χ3v) is 7.13. The van der Waals surface area contributed by atoms with Gasteiger partial charge in [-0.15, -0.1) is 10.2 Å². The molecule has 29 heavy (non-hydrogen) atoms. The standard InChI is InChI=1S/C19H28ClN7O2/c1-11-6-14(12(2)13(3)19(11,4)5)24-15-7-23-27(18(29)17(15)20)8-16(28)25-26-9-21-22-10-26/h7,9-14,24H,6,8H2,1-5H3,(H,25,28)/t11-,12+,13+,14+/m0/s1. The van der Waals surface area contributed by atoms with Gasteiger partial charge >= 0.3 is 0 Å². The molecule has 0 aliphatic heterocycles. The molecule has 9 nitrogen and oxygen atoms in total. The monoisotopic (exact) mass is 421 g/mol. The molecule has 1 amide bonds. The summed E-state index contributed by atoms with van der Waals surface area (Å²) in [5.74, 6) is 1.01. The van der Waals surface area contributed by atoms with Crippen molar-refractivity contribution in [1.82, 2.24) is 24.7 Å². The minimum absolute atomic E-state index is 0.0365. The number of carbonyl (C=O) groups is 1. The predicted octanol–water partition coefficient (Wildman–Crippen LogP) is 2.38. The molecule has 0 aromatic carbocycles. The van der Waals surface area contributed by atoms with Gasteiger partial charge in [0.2, 0.25) is 0 Å². The van der Waals surface area contributed by atoms with Gasteiger partial charge in [-0.05, 0) is 29.6 Å². The highest BCUT2D eigenvalue weighted by molar-refractivity contribution is 6.32. The largest absolute Gasteiger partial charge is 0.379 e. The van der Waals surface area contributed by atoms with Crippen LogP contribution in [0, 0.1) is 23.2 Å². The summed E-state index contributed by atoms with van der Waals surface area (Å²) in [6.45, 7) is 11.1. The van der Waals surface area contributed by atoms with Crippen molar-refractivity contribution in [2.45, 2.75) is 53.6 Å². The summed E-state index contributed by atoms with van der Waals surface area (Å²) >= 11 is 6.33. The molecule has 0 radical (unpaired) electrons. The van der Waals surface area contributed by atoms with E-state index in [1.54, 1.807) is 0 Å². The first-order valence-corrected chi connectivity index (χ1v) is 10.2. The van der Waals surface area contributed by atoms with E-state index in [1.807, 2.05) is 0 Å². The van der Waals surface area contributed by atoms with Crippen LogP contribution in [0.3, 0.4) is 0 Å². The molecule has 0 unspecified atom stereocenters. The van der Waals surface area contributed by atoms with Crippen molar-refractivity contribution < 1.29 is 4.79 Å². The fourth-order valence-electron chi connectivity index (χ4n) is 4.02. The van der Waals surface area contributed by atoms with Crippen molar-refractivity contribution in [2.75, 3.05) is 10.7 Å². The normalized spacial score (nSPS) is 26.1. The summed E-state index contributed by atoms with van der Waals surface area (Å²) in [5, 5.41) is 14.8. The lowest BCUT2D eigenvalue weighted by Crippen LogP contribution is -2.48. The van der Waals surface area contributed by atoms with Gasteiger partial charge in [0.05, 0.1) is 11.9 Å². The Morgan fingerprint density at radius 3 is 2.59 bits per heavy atom. The molecule has 1 aliphatic carbocycles. The van der Waals surface area contributed by atoms with Gasteiger partial charge < -0.3 is 5.32 Å². The molecule has 2 aromatic heterocycles. The summed E-state index contributed by atoms with van der Waals surface area (Å²) in [5.41, 5.74) is 2.76. The smallest absolute Gasteiger partial charge is 0.288 e. The molecule has 1 saturated carbocycles. The maximum absolute atomic E-state index is 12.6. The third kappa shape index (κ3) is 4.29. The molecular weight excluding hydrogens is 394 g/mol. The molecule has 158 valence electrons. The summed E-state index contributed by atoms with van der Waals surface area (Å²) in [4.78, 5) is 24.7. The fourth-order valence-corrected chi connectivity index (χ4v) is 4.22. The number of anilines is 1. The molecule has 3 rings (SSSR count). The van der Waals surface area contributed by atoms with Crippen molar-refractivity contribution in [2.24, 2.45) is 23.2 Å². The zero-order chi connectivity index (χ0) is 21.3. The number of aromatic nitrogens is 5. The first-order valence-electron chi connectivity index (χ1n) is 9.78. The van der Waals surface area contributed by atoms with Crippen molar-refractivity contribution in [3.63, 3.8) is 0 Å². The molecule has 4 atom stereocenters. The Morgan fingerprint density at radius 1 is 1.28 bits per heavy atom. The quantitative estimate of drug-likeness (QED) is 0.767. The number of nitrogens with zero attached hydrogens (tertiary/aromatic N) is 5. The highest BCUT2D eigenvalue weighted by Crippen LogP contribution is 2.48. The van der Waals surface area contributed by atoms with E-state index in [4.69, 9.17) is 11.6 Å². The third-order valence-electron chi connectivity index (χ3n) is 6.77. The molecule has 1 fully saturated rings. The van der Waals surface area contributed by atoms with Gasteiger partial charge in [0, 0.05) is 6.04 Å². The molecule has 0 saturated heterocycles. The van der Waals surface area contributed by atoms with E-state index in [0.29, 0.717) is 23.4 Å². The van der Waals surface area contributed by atoms with Crippen molar-refractivity contribution >= 4 is 23.2 Å². The van der Waals surface area contributed by atoms with E-state index in [0.717, 1.165) is 11.1 Å². The van der Waals surface area contributed by atoms with Crippen LogP contribution in [-0.4, -0.2) is 36.6 Å². The molecule has 2 N–H and O–H groups in total. The minimum Gasteiger partial charge on any atom is -0.379 e. The first kappa shape index (κ1) is 21.3. The minimum atomic E-state index is -0.513. The molecule has 2 aromatic rings. The average molecular weight is 422 g/mol. The van der Waals surface area contributed by atoms with Crippen LogP contribution in [0.15, 0.2) is 23.6 Å². The topological polar surface area (TPSA) is 107 Å². The molecule has 2 heterocycles. The zero-order valence-electron chi connectivity index (χ0n) is 17.4. The van der Waals surface area contributed by atoms with Crippen molar-refractivity contribution in [3.05, 3.63) is 34.2 Å². The number of hydrogen-bond acceptors (Lipinski definition) is 6. The molecule has 1 aliphatic rings. The fraction of sp³-hybridized carbons (Fsp3) is 0.632. The average Bonchev–Trinajstić information content (AvgIpc) is 3.17. The van der Waals surface area contributed by atoms with Crippen LogP contribution >= 0.6 is 11.6 Å². The second-order valence-corrected chi connectivity index (χ2v) is 8.97. The molecule has 10 heteroatoms. The van der Waals surface area contributed by atoms with E-state index in [-0.39, 0.29) is 23.0 Å². The van der Waals surface area contributed by atoms with Gasteiger partial charge in [-0.2, -0.15) is 5.10 Å². The van der Waals surface area contributed by atoms with Crippen molar-refractivity contribution in [1.29, 1.82) is 0 Å². The van der Waals surface area contributed by atoms with Crippen LogP contribution < -0.4 is 16.3 Å². The lowest BCUT2D eigenvalue weighted by Gasteiger charge is -2.50. The van der Waals surface area contributed by atoms with Crippen molar-refractivity contribution in [3.8, 4) is 0 Å². The van der Waals surface area contributed by atoms with E-state index < -0.39 is 11.5 Å². The Morgan fingerprint density at radius 2 is 1.93 bits per heavy atom. The van der Waals surface area contributed by atoms with Crippen LogP contribution in [0.1, 0.15) is 41.0 Å². The lowest BCUT2D eigenvalue weighted by atomic mass is 9.58. The lowest BCUT2D eigenvalue weighted by molar-refractivity contribution is -0.117. The van der Waals surface area contributed by atoms with Gasteiger partial charge in [0.25, 0.3) is 11.5 Å². The number of rotatable bonds is 5. The zero-order valence-corrected chi connectivity index (χ0v) is 18.1. The van der Waals surface area contributed by atoms with E-state index in [1.165, 1.54) is 23.5 Å². The highest BCUT2D eigenvalue weighted by Gasteiger charge is 2.43. The van der Waals surface area contributed by atoms with Crippen LogP contribution in [-0.2, 0) is 11.3 Å². The van der Waals surface area contributed by atoms with E-state index >= 15 is 0 Å².